The van der Waals surface area contributed by atoms with E-state index in [2.05, 4.69) is 10.6 Å². The van der Waals surface area contributed by atoms with E-state index in [4.69, 9.17) is 0 Å². The van der Waals surface area contributed by atoms with Crippen molar-refractivity contribution in [3.8, 4) is 0 Å². The predicted molar refractivity (Wildman–Crippen MR) is 75.7 cm³/mol. The predicted octanol–water partition coefficient (Wildman–Crippen LogP) is 1.20. The maximum Gasteiger partial charge on any atom is 0.319 e. The van der Waals surface area contributed by atoms with Crippen LogP contribution in [0.3, 0.4) is 0 Å². The Bertz CT molecular complexity index is 622. The van der Waals surface area contributed by atoms with Crippen LogP contribution < -0.4 is 10.6 Å². The molecule has 0 saturated carbocycles. The van der Waals surface area contributed by atoms with E-state index < -0.39 is 15.9 Å². The molecule has 0 bridgehead atoms. The minimum absolute atomic E-state index is 0.0102. The maximum absolute atomic E-state index is 11.7. The Kier molecular flexibility index (Phi) is 4.08. The van der Waals surface area contributed by atoms with Crippen LogP contribution in [0, 0.1) is 0 Å². The molecule has 1 fully saturated rings. The molecule has 108 valence electrons. The van der Waals surface area contributed by atoms with Crippen molar-refractivity contribution in [3.05, 3.63) is 29.8 Å². The summed E-state index contributed by atoms with van der Waals surface area (Å²) in [6, 6.07) is 5.72. The molecule has 1 aromatic rings. The van der Waals surface area contributed by atoms with Crippen LogP contribution in [0.5, 0.6) is 0 Å². The Morgan fingerprint density at radius 3 is 2.35 bits per heavy atom. The first-order valence-electron chi connectivity index (χ1n) is 6.25. The van der Waals surface area contributed by atoms with Gasteiger partial charge >= 0.3 is 6.03 Å². The highest BCUT2D eigenvalue weighted by molar-refractivity contribution is 7.91. The fourth-order valence-electron chi connectivity index (χ4n) is 2.05. The molecule has 1 aliphatic heterocycles. The van der Waals surface area contributed by atoms with Gasteiger partial charge in [0.05, 0.1) is 11.5 Å². The third kappa shape index (κ3) is 3.80. The monoisotopic (exact) mass is 296 g/mol. The number of urea groups is 1. The zero-order valence-electron chi connectivity index (χ0n) is 11.0. The first-order valence-corrected chi connectivity index (χ1v) is 8.07. The van der Waals surface area contributed by atoms with Crippen LogP contribution >= 0.6 is 0 Å². The molecule has 1 unspecified atom stereocenters. The second kappa shape index (κ2) is 5.62. The highest BCUT2D eigenvalue weighted by Gasteiger charge is 2.28. The van der Waals surface area contributed by atoms with Gasteiger partial charge in [0.25, 0.3) is 0 Å². The number of carbonyl (C=O) groups excluding carboxylic acids is 2. The number of sulfone groups is 1. The number of carbonyl (C=O) groups is 2. The second-order valence-electron chi connectivity index (χ2n) is 4.83. The van der Waals surface area contributed by atoms with Crippen molar-refractivity contribution in [2.24, 2.45) is 0 Å². The number of anilines is 1. The van der Waals surface area contributed by atoms with E-state index in [0.717, 1.165) is 0 Å². The van der Waals surface area contributed by atoms with E-state index in [1.54, 1.807) is 24.3 Å². The maximum atomic E-state index is 11.7. The molecule has 1 aliphatic rings. The summed E-state index contributed by atoms with van der Waals surface area (Å²) in [6.45, 7) is 1.47. The van der Waals surface area contributed by atoms with E-state index >= 15 is 0 Å². The van der Waals surface area contributed by atoms with Gasteiger partial charge in [0.2, 0.25) is 0 Å². The Balaban J connectivity index is 1.90. The lowest BCUT2D eigenvalue weighted by Gasteiger charge is -2.12. The Morgan fingerprint density at radius 2 is 1.85 bits per heavy atom. The van der Waals surface area contributed by atoms with Gasteiger partial charge in [0.1, 0.15) is 0 Å². The van der Waals surface area contributed by atoms with Crippen molar-refractivity contribution in [2.75, 3.05) is 16.8 Å². The minimum atomic E-state index is -3.01. The molecule has 1 saturated heterocycles. The first kappa shape index (κ1) is 14.5. The van der Waals surface area contributed by atoms with E-state index in [1.807, 2.05) is 0 Å². The highest BCUT2D eigenvalue weighted by Crippen LogP contribution is 2.13. The topological polar surface area (TPSA) is 92.3 Å². The molecule has 1 atom stereocenters. The summed E-state index contributed by atoms with van der Waals surface area (Å²) in [6.07, 6.45) is 0.443. The smallest absolute Gasteiger partial charge is 0.319 e. The Labute approximate surface area is 117 Å². The van der Waals surface area contributed by atoms with Crippen LogP contribution in [0.4, 0.5) is 10.5 Å². The number of benzene rings is 1. The van der Waals surface area contributed by atoms with Crippen LogP contribution in [0.2, 0.25) is 0 Å². The van der Waals surface area contributed by atoms with Crippen LogP contribution in [-0.2, 0) is 9.84 Å². The number of Topliss-reactive ketones (excluding diaryl/α,β-unsaturated/α-hetero) is 1. The van der Waals surface area contributed by atoms with Gasteiger partial charge in [-0.05, 0) is 37.6 Å². The standard InChI is InChI=1S/C13H16N2O4S/c1-9(16)10-2-4-11(5-3-10)14-13(17)15-12-6-7-20(18,19)8-12/h2-5,12H,6-8H2,1H3,(H2,14,15,17). The zero-order chi connectivity index (χ0) is 14.8. The molecule has 1 heterocycles. The molecular formula is C13H16N2O4S. The minimum Gasteiger partial charge on any atom is -0.334 e. The second-order valence-corrected chi connectivity index (χ2v) is 7.06. The molecule has 20 heavy (non-hydrogen) atoms. The molecule has 1 aromatic carbocycles. The van der Waals surface area contributed by atoms with Crippen LogP contribution in [-0.4, -0.2) is 37.8 Å². The van der Waals surface area contributed by atoms with Gasteiger partial charge < -0.3 is 10.6 Å². The first-order chi connectivity index (χ1) is 9.35. The number of nitrogens with one attached hydrogen (secondary N) is 2. The normalized spacial score (nSPS) is 20.4. The van der Waals surface area contributed by atoms with Crippen molar-refractivity contribution in [2.45, 2.75) is 19.4 Å². The summed E-state index contributed by atoms with van der Waals surface area (Å²) in [5, 5.41) is 5.23. The van der Waals surface area contributed by atoms with Gasteiger partial charge in [-0.15, -0.1) is 0 Å². The molecule has 2 rings (SSSR count). The van der Waals surface area contributed by atoms with Crippen molar-refractivity contribution in [1.82, 2.24) is 5.32 Å². The van der Waals surface area contributed by atoms with Gasteiger partial charge in [-0.2, -0.15) is 0 Å². The average Bonchev–Trinajstić information content (AvgIpc) is 2.69. The molecule has 0 spiro atoms. The van der Waals surface area contributed by atoms with Crippen molar-refractivity contribution in [1.29, 1.82) is 0 Å². The third-order valence-electron chi connectivity index (χ3n) is 3.12. The zero-order valence-corrected chi connectivity index (χ0v) is 11.9. The number of ketones is 1. The number of rotatable bonds is 3. The fraction of sp³-hybridized carbons (Fsp3) is 0.385. The van der Waals surface area contributed by atoms with Crippen molar-refractivity contribution in [3.63, 3.8) is 0 Å². The quantitative estimate of drug-likeness (QED) is 0.820. The van der Waals surface area contributed by atoms with Crippen LogP contribution in [0.1, 0.15) is 23.7 Å². The Hall–Kier alpha value is -1.89. The summed E-state index contributed by atoms with van der Waals surface area (Å²) in [4.78, 5) is 22.8. The number of amides is 2. The van der Waals surface area contributed by atoms with E-state index in [1.165, 1.54) is 6.92 Å². The molecule has 0 aromatic heterocycles. The molecule has 0 radical (unpaired) electrons. The van der Waals surface area contributed by atoms with Crippen molar-refractivity contribution < 1.29 is 18.0 Å². The highest BCUT2D eigenvalue weighted by atomic mass is 32.2. The van der Waals surface area contributed by atoms with Crippen LogP contribution in [0.25, 0.3) is 0 Å². The fourth-order valence-corrected chi connectivity index (χ4v) is 3.72. The average molecular weight is 296 g/mol. The summed E-state index contributed by atoms with van der Waals surface area (Å²) < 4.78 is 22.6. The Morgan fingerprint density at radius 1 is 1.20 bits per heavy atom. The van der Waals surface area contributed by atoms with E-state index in [9.17, 15) is 18.0 Å². The SMILES string of the molecule is CC(=O)c1ccc(NC(=O)NC2CCS(=O)(=O)C2)cc1. The van der Waals surface area contributed by atoms with E-state index in [-0.39, 0.29) is 23.3 Å². The van der Waals surface area contributed by atoms with Gasteiger partial charge in [0, 0.05) is 17.3 Å². The number of hydrogen-bond acceptors (Lipinski definition) is 4. The van der Waals surface area contributed by atoms with Gasteiger partial charge in [-0.1, -0.05) is 0 Å². The molecule has 0 aliphatic carbocycles. The molecule has 6 nitrogen and oxygen atoms in total. The summed E-state index contributed by atoms with van der Waals surface area (Å²) in [5.41, 5.74) is 1.12. The number of hydrogen-bond donors (Lipinski definition) is 2. The van der Waals surface area contributed by atoms with Crippen molar-refractivity contribution >= 4 is 27.3 Å². The molecule has 2 amide bonds. The lowest BCUT2D eigenvalue weighted by molar-refractivity contribution is 0.101. The van der Waals surface area contributed by atoms with Crippen LogP contribution in [0.15, 0.2) is 24.3 Å². The van der Waals surface area contributed by atoms with Gasteiger partial charge in [-0.25, -0.2) is 13.2 Å². The van der Waals surface area contributed by atoms with E-state index in [0.29, 0.717) is 17.7 Å². The van der Waals surface area contributed by atoms with Gasteiger partial charge in [-0.3, -0.25) is 4.79 Å². The summed E-state index contributed by atoms with van der Waals surface area (Å²) in [5.74, 6) is 0.0618. The van der Waals surface area contributed by atoms with Gasteiger partial charge in [0.15, 0.2) is 15.6 Å². The molecular weight excluding hydrogens is 280 g/mol. The lowest BCUT2D eigenvalue weighted by Crippen LogP contribution is -2.38. The third-order valence-corrected chi connectivity index (χ3v) is 4.88. The lowest BCUT2D eigenvalue weighted by atomic mass is 10.1. The summed E-state index contributed by atoms with van der Waals surface area (Å²) >= 11 is 0. The molecule has 7 heteroatoms. The summed E-state index contributed by atoms with van der Waals surface area (Å²) in [7, 11) is -3.01. The molecule has 2 N–H and O–H groups in total. The largest absolute Gasteiger partial charge is 0.334 e.